The number of ether oxygens (including phenoxy) is 1. The van der Waals surface area contributed by atoms with Crippen molar-refractivity contribution in [3.05, 3.63) is 0 Å². The number of urea groups is 1. The molecule has 106 valence electrons. The van der Waals surface area contributed by atoms with Gasteiger partial charge in [-0.05, 0) is 13.8 Å². The molecule has 0 saturated heterocycles. The molecule has 0 fully saturated rings. The van der Waals surface area contributed by atoms with Crippen LogP contribution >= 0.6 is 0 Å². The SMILES string of the molecule is COCCC(NC(=O)N(CCO)C(C)C)C(=O)O. The number of carbonyl (C=O) groups excluding carboxylic acids is 1. The van der Waals surface area contributed by atoms with E-state index in [0.717, 1.165) is 0 Å². The first-order valence-electron chi connectivity index (χ1n) is 5.83. The minimum absolute atomic E-state index is 0.117. The maximum absolute atomic E-state index is 11.9. The lowest BCUT2D eigenvalue weighted by Gasteiger charge is -2.27. The van der Waals surface area contributed by atoms with Crippen LogP contribution in [0.4, 0.5) is 4.79 Å². The van der Waals surface area contributed by atoms with Gasteiger partial charge >= 0.3 is 12.0 Å². The molecule has 0 heterocycles. The fourth-order valence-corrected chi connectivity index (χ4v) is 1.43. The average Bonchev–Trinajstić information content (AvgIpc) is 2.30. The zero-order chi connectivity index (χ0) is 14.1. The summed E-state index contributed by atoms with van der Waals surface area (Å²) >= 11 is 0. The molecule has 1 atom stereocenters. The summed E-state index contributed by atoms with van der Waals surface area (Å²) < 4.78 is 4.79. The van der Waals surface area contributed by atoms with Crippen LogP contribution in [0, 0.1) is 0 Å². The average molecular weight is 262 g/mol. The quantitative estimate of drug-likeness (QED) is 0.567. The van der Waals surface area contributed by atoms with Gasteiger partial charge in [-0.1, -0.05) is 0 Å². The van der Waals surface area contributed by atoms with E-state index in [1.807, 2.05) is 0 Å². The number of hydrogen-bond donors (Lipinski definition) is 3. The van der Waals surface area contributed by atoms with Crippen LogP contribution in [0.15, 0.2) is 0 Å². The highest BCUT2D eigenvalue weighted by Crippen LogP contribution is 2.01. The predicted molar refractivity (Wildman–Crippen MR) is 65.4 cm³/mol. The van der Waals surface area contributed by atoms with Gasteiger partial charge in [0.2, 0.25) is 0 Å². The predicted octanol–water partition coefficient (Wildman–Crippen LogP) is -0.112. The third-order valence-electron chi connectivity index (χ3n) is 2.43. The number of nitrogens with one attached hydrogen (secondary N) is 1. The van der Waals surface area contributed by atoms with E-state index in [1.165, 1.54) is 12.0 Å². The molecule has 7 heteroatoms. The fraction of sp³-hybridized carbons (Fsp3) is 0.818. The Bertz CT molecular complexity index is 270. The number of rotatable bonds is 8. The number of aliphatic hydroxyl groups excluding tert-OH is 1. The summed E-state index contributed by atoms with van der Waals surface area (Å²) in [5.41, 5.74) is 0. The van der Waals surface area contributed by atoms with Gasteiger partial charge in [0.15, 0.2) is 0 Å². The number of nitrogens with zero attached hydrogens (tertiary/aromatic N) is 1. The third-order valence-corrected chi connectivity index (χ3v) is 2.43. The van der Waals surface area contributed by atoms with Gasteiger partial charge in [0, 0.05) is 32.7 Å². The standard InChI is InChI=1S/C11H22N2O5/c1-8(2)13(5-6-14)11(17)12-9(10(15)16)4-7-18-3/h8-9,14H,4-7H2,1-3H3,(H,12,17)(H,15,16). The summed E-state index contributed by atoms with van der Waals surface area (Å²) in [7, 11) is 1.47. The van der Waals surface area contributed by atoms with Gasteiger partial charge in [-0.15, -0.1) is 0 Å². The van der Waals surface area contributed by atoms with Crippen LogP contribution in [0.3, 0.4) is 0 Å². The molecule has 0 rings (SSSR count). The van der Waals surface area contributed by atoms with Crippen LogP contribution in [0.5, 0.6) is 0 Å². The van der Waals surface area contributed by atoms with E-state index in [2.05, 4.69) is 5.32 Å². The molecule has 0 saturated carbocycles. The van der Waals surface area contributed by atoms with Gasteiger partial charge in [-0.3, -0.25) is 0 Å². The number of aliphatic carboxylic acids is 1. The first-order chi connectivity index (χ1) is 8.43. The van der Waals surface area contributed by atoms with Crippen molar-refractivity contribution in [2.24, 2.45) is 0 Å². The molecule has 18 heavy (non-hydrogen) atoms. The summed E-state index contributed by atoms with van der Waals surface area (Å²) in [4.78, 5) is 24.2. The maximum Gasteiger partial charge on any atom is 0.326 e. The molecule has 0 aliphatic heterocycles. The minimum Gasteiger partial charge on any atom is -0.480 e. The molecule has 0 radical (unpaired) electrons. The molecule has 0 aliphatic carbocycles. The molecule has 3 N–H and O–H groups in total. The number of hydrogen-bond acceptors (Lipinski definition) is 4. The van der Waals surface area contributed by atoms with E-state index < -0.39 is 18.0 Å². The van der Waals surface area contributed by atoms with Crippen molar-refractivity contribution in [3.8, 4) is 0 Å². The Balaban J connectivity index is 4.50. The van der Waals surface area contributed by atoms with E-state index >= 15 is 0 Å². The van der Waals surface area contributed by atoms with Crippen molar-refractivity contribution in [3.63, 3.8) is 0 Å². The molecule has 2 amide bonds. The molecule has 0 aliphatic rings. The first kappa shape index (κ1) is 16.7. The van der Waals surface area contributed by atoms with E-state index in [9.17, 15) is 9.59 Å². The first-order valence-corrected chi connectivity index (χ1v) is 5.83. The number of methoxy groups -OCH3 is 1. The highest BCUT2D eigenvalue weighted by molar-refractivity contribution is 5.82. The molecule has 0 aromatic rings. The zero-order valence-corrected chi connectivity index (χ0v) is 11.0. The Morgan fingerprint density at radius 1 is 1.39 bits per heavy atom. The van der Waals surface area contributed by atoms with Gasteiger partial charge in [-0.25, -0.2) is 9.59 Å². The molecule has 0 spiro atoms. The molecule has 0 aromatic heterocycles. The van der Waals surface area contributed by atoms with Crippen molar-refractivity contribution < 1.29 is 24.5 Å². The molecule has 0 bridgehead atoms. The minimum atomic E-state index is -1.10. The van der Waals surface area contributed by atoms with Gasteiger partial charge < -0.3 is 25.2 Å². The monoisotopic (exact) mass is 262 g/mol. The largest absolute Gasteiger partial charge is 0.480 e. The van der Waals surface area contributed by atoms with Crippen molar-refractivity contribution >= 4 is 12.0 Å². The number of carboxylic acids is 1. The zero-order valence-electron chi connectivity index (χ0n) is 11.0. The van der Waals surface area contributed by atoms with E-state index in [4.69, 9.17) is 14.9 Å². The van der Waals surface area contributed by atoms with Crippen LogP contribution in [0.2, 0.25) is 0 Å². The topological polar surface area (TPSA) is 99.1 Å². The second-order valence-electron chi connectivity index (χ2n) is 4.13. The number of amides is 2. The smallest absolute Gasteiger partial charge is 0.326 e. The Kier molecular flexibility index (Phi) is 8.06. The second kappa shape index (κ2) is 8.71. The summed E-state index contributed by atoms with van der Waals surface area (Å²) in [6.07, 6.45) is 0.197. The lowest BCUT2D eigenvalue weighted by Crippen LogP contribution is -2.51. The summed E-state index contributed by atoms with van der Waals surface area (Å²) in [5.74, 6) is -1.10. The highest BCUT2D eigenvalue weighted by atomic mass is 16.5. The Morgan fingerprint density at radius 2 is 2.00 bits per heavy atom. The van der Waals surface area contributed by atoms with E-state index in [1.54, 1.807) is 13.8 Å². The molecular weight excluding hydrogens is 240 g/mol. The summed E-state index contributed by atoms with van der Waals surface area (Å²) in [6.45, 7) is 3.83. The third kappa shape index (κ3) is 5.83. The lowest BCUT2D eigenvalue weighted by atomic mass is 10.2. The van der Waals surface area contributed by atoms with Crippen LogP contribution in [-0.4, -0.2) is 66.1 Å². The number of carboxylic acid groups (broad SMARTS) is 1. The maximum atomic E-state index is 11.9. The summed E-state index contributed by atoms with van der Waals surface area (Å²) in [6, 6.07) is -1.60. The Hall–Kier alpha value is -1.34. The second-order valence-corrected chi connectivity index (χ2v) is 4.13. The molecule has 7 nitrogen and oxygen atoms in total. The molecule has 0 aromatic carbocycles. The van der Waals surface area contributed by atoms with E-state index in [-0.39, 0.29) is 32.2 Å². The van der Waals surface area contributed by atoms with Crippen LogP contribution in [0.25, 0.3) is 0 Å². The van der Waals surface area contributed by atoms with Gasteiger partial charge in [0.1, 0.15) is 6.04 Å². The van der Waals surface area contributed by atoms with Gasteiger partial charge in [0.05, 0.1) is 6.61 Å². The normalized spacial score (nSPS) is 12.3. The van der Waals surface area contributed by atoms with Gasteiger partial charge in [0.25, 0.3) is 0 Å². The number of aliphatic hydroxyl groups is 1. The van der Waals surface area contributed by atoms with Crippen molar-refractivity contribution in [1.82, 2.24) is 10.2 Å². The summed E-state index contributed by atoms with van der Waals surface area (Å²) in [5, 5.41) is 20.2. The van der Waals surface area contributed by atoms with Crippen molar-refractivity contribution in [2.45, 2.75) is 32.4 Å². The van der Waals surface area contributed by atoms with Crippen LogP contribution in [0.1, 0.15) is 20.3 Å². The van der Waals surface area contributed by atoms with Crippen molar-refractivity contribution in [2.75, 3.05) is 26.9 Å². The highest BCUT2D eigenvalue weighted by Gasteiger charge is 2.23. The Morgan fingerprint density at radius 3 is 2.39 bits per heavy atom. The molecule has 1 unspecified atom stereocenters. The fourth-order valence-electron chi connectivity index (χ4n) is 1.43. The molecular formula is C11H22N2O5. The van der Waals surface area contributed by atoms with Crippen LogP contribution < -0.4 is 5.32 Å². The van der Waals surface area contributed by atoms with E-state index in [0.29, 0.717) is 0 Å². The van der Waals surface area contributed by atoms with Gasteiger partial charge in [-0.2, -0.15) is 0 Å². The Labute approximate surface area is 107 Å². The van der Waals surface area contributed by atoms with Crippen LogP contribution in [-0.2, 0) is 9.53 Å². The number of carbonyl (C=O) groups is 2. The van der Waals surface area contributed by atoms with Crippen molar-refractivity contribution in [1.29, 1.82) is 0 Å². The lowest BCUT2D eigenvalue weighted by molar-refractivity contribution is -0.139.